The van der Waals surface area contributed by atoms with E-state index in [4.69, 9.17) is 4.42 Å². The molecule has 0 bridgehead atoms. The Labute approximate surface area is 294 Å². The smallest absolute Gasteiger partial charge is 0.135 e. The van der Waals surface area contributed by atoms with Crippen molar-refractivity contribution in [2.24, 2.45) is 0 Å². The average Bonchev–Trinajstić information content (AvgIpc) is 3.85. The minimum absolute atomic E-state index is 0.161. The number of benzene rings is 5. The van der Waals surface area contributed by atoms with E-state index in [0.717, 1.165) is 72.3 Å². The van der Waals surface area contributed by atoms with Gasteiger partial charge in [0.15, 0.2) is 0 Å². The molecule has 51 heavy (non-hydrogen) atoms. The lowest BCUT2D eigenvalue weighted by Crippen LogP contribution is -2.28. The van der Waals surface area contributed by atoms with Crippen LogP contribution in [0.15, 0.2) is 175 Å². The molecular weight excluding hydrogens is 625 g/mol. The van der Waals surface area contributed by atoms with Crippen molar-refractivity contribution in [3.05, 3.63) is 176 Å². The molecule has 0 spiro atoms. The molecule has 240 valence electrons. The first-order valence-corrected chi connectivity index (χ1v) is 17.4. The topological polar surface area (TPSA) is 47.1 Å². The highest BCUT2D eigenvalue weighted by atomic mass is 16.3. The molecule has 5 heterocycles. The zero-order valence-electron chi connectivity index (χ0n) is 27.5. The van der Waals surface area contributed by atoms with Crippen LogP contribution >= 0.6 is 0 Å². The van der Waals surface area contributed by atoms with Crippen molar-refractivity contribution >= 4 is 55.1 Å². The molecule has 0 amide bonds. The molecule has 0 radical (unpaired) electrons. The molecule has 4 aromatic heterocycles. The van der Waals surface area contributed by atoms with Crippen LogP contribution in [0.5, 0.6) is 0 Å². The van der Waals surface area contributed by atoms with Crippen LogP contribution in [-0.2, 0) is 0 Å². The van der Waals surface area contributed by atoms with Crippen LogP contribution < -0.4 is 4.90 Å². The van der Waals surface area contributed by atoms with E-state index >= 15 is 0 Å². The van der Waals surface area contributed by atoms with Gasteiger partial charge in [-0.25, -0.2) is 0 Å². The highest BCUT2D eigenvalue weighted by Crippen LogP contribution is 2.48. The molecule has 2 atom stereocenters. The van der Waals surface area contributed by atoms with Gasteiger partial charge in [-0.15, -0.1) is 0 Å². The predicted molar refractivity (Wildman–Crippen MR) is 208 cm³/mol. The maximum Gasteiger partial charge on any atom is 0.135 e. The van der Waals surface area contributed by atoms with Crippen molar-refractivity contribution in [3.8, 4) is 27.9 Å². The number of pyridine rings is 2. The number of aromatic nitrogens is 3. The van der Waals surface area contributed by atoms with Crippen LogP contribution in [0.4, 0.5) is 11.4 Å². The van der Waals surface area contributed by atoms with Gasteiger partial charge in [0.2, 0.25) is 0 Å². The van der Waals surface area contributed by atoms with Crippen molar-refractivity contribution in [2.45, 2.75) is 12.0 Å². The second kappa shape index (κ2) is 10.9. The predicted octanol–water partition coefficient (Wildman–Crippen LogP) is 11.5. The quantitative estimate of drug-likeness (QED) is 0.189. The third-order valence-electron chi connectivity index (χ3n) is 10.7. The van der Waals surface area contributed by atoms with Gasteiger partial charge < -0.3 is 13.9 Å². The zero-order valence-corrected chi connectivity index (χ0v) is 27.5. The summed E-state index contributed by atoms with van der Waals surface area (Å²) in [5.74, 6) is 0.265. The van der Waals surface area contributed by atoms with Crippen LogP contribution in [0.3, 0.4) is 0 Å². The van der Waals surface area contributed by atoms with E-state index in [-0.39, 0.29) is 12.0 Å². The molecule has 5 nitrogen and oxygen atoms in total. The van der Waals surface area contributed by atoms with Gasteiger partial charge in [-0.05, 0) is 82.4 Å². The van der Waals surface area contributed by atoms with Crippen LogP contribution in [0.2, 0.25) is 0 Å². The van der Waals surface area contributed by atoms with E-state index < -0.39 is 0 Å². The second-order valence-corrected chi connectivity index (χ2v) is 13.5. The first kappa shape index (κ1) is 28.2. The number of furan rings is 1. The Hall–Kier alpha value is -6.72. The minimum Gasteiger partial charge on any atom is -0.456 e. The monoisotopic (exact) mass is 654 g/mol. The Bertz CT molecular complexity index is 2840. The lowest BCUT2D eigenvalue weighted by Gasteiger charge is -2.29. The summed E-state index contributed by atoms with van der Waals surface area (Å²) in [6.07, 6.45) is 16.7. The van der Waals surface area contributed by atoms with E-state index in [1.165, 1.54) is 16.3 Å². The molecule has 11 rings (SSSR count). The summed E-state index contributed by atoms with van der Waals surface area (Å²) < 4.78 is 8.46. The minimum atomic E-state index is 0.161. The summed E-state index contributed by atoms with van der Waals surface area (Å²) in [4.78, 5) is 11.6. The van der Waals surface area contributed by atoms with Crippen LogP contribution in [0.25, 0.3) is 71.7 Å². The highest BCUT2D eigenvalue weighted by molar-refractivity contribution is 6.09. The Balaban J connectivity index is 1.09. The van der Waals surface area contributed by atoms with Crippen molar-refractivity contribution < 1.29 is 4.42 Å². The average molecular weight is 655 g/mol. The second-order valence-electron chi connectivity index (χ2n) is 13.5. The Morgan fingerprint density at radius 3 is 2.14 bits per heavy atom. The maximum absolute atomic E-state index is 6.10. The molecular formula is C46H30N4O. The van der Waals surface area contributed by atoms with Gasteiger partial charge in [-0.1, -0.05) is 91.0 Å². The first-order valence-electron chi connectivity index (χ1n) is 17.4. The third kappa shape index (κ3) is 4.28. The molecule has 2 aliphatic rings. The van der Waals surface area contributed by atoms with Crippen molar-refractivity contribution in [3.63, 3.8) is 0 Å². The van der Waals surface area contributed by atoms with Gasteiger partial charge in [-0.3, -0.25) is 9.97 Å². The number of nitrogens with zero attached hydrogens (tertiary/aromatic N) is 4. The highest BCUT2D eigenvalue weighted by Gasteiger charge is 2.37. The third-order valence-corrected chi connectivity index (χ3v) is 10.7. The lowest BCUT2D eigenvalue weighted by molar-refractivity contribution is 0.669. The molecule has 0 saturated carbocycles. The normalized spacial score (nSPS) is 16.4. The van der Waals surface area contributed by atoms with E-state index in [1.807, 2.05) is 36.9 Å². The fraction of sp³-hybridized carbons (Fsp3) is 0.0435. The number of allylic oxidation sites excluding steroid dienone is 2. The number of rotatable bonds is 4. The largest absolute Gasteiger partial charge is 0.456 e. The Morgan fingerprint density at radius 1 is 0.510 bits per heavy atom. The van der Waals surface area contributed by atoms with Gasteiger partial charge in [0.05, 0.1) is 35.2 Å². The summed E-state index contributed by atoms with van der Waals surface area (Å²) in [5.41, 5.74) is 13.3. The van der Waals surface area contributed by atoms with Crippen molar-refractivity contribution in [2.75, 3.05) is 4.90 Å². The van der Waals surface area contributed by atoms with Gasteiger partial charge >= 0.3 is 0 Å². The van der Waals surface area contributed by atoms with Crippen molar-refractivity contribution in [1.82, 2.24) is 14.5 Å². The summed E-state index contributed by atoms with van der Waals surface area (Å²) >= 11 is 0. The van der Waals surface area contributed by atoms with E-state index in [9.17, 15) is 0 Å². The van der Waals surface area contributed by atoms with E-state index in [1.54, 1.807) is 0 Å². The molecule has 0 N–H and O–H groups in total. The fourth-order valence-corrected chi connectivity index (χ4v) is 8.37. The molecule has 1 aliphatic heterocycles. The summed E-state index contributed by atoms with van der Waals surface area (Å²) in [7, 11) is 0. The number of hydrogen-bond donors (Lipinski definition) is 0. The van der Waals surface area contributed by atoms with E-state index in [2.05, 4.69) is 153 Å². The molecule has 2 unspecified atom stereocenters. The molecule has 0 saturated heterocycles. The van der Waals surface area contributed by atoms with Crippen LogP contribution in [-0.4, -0.2) is 20.6 Å². The van der Waals surface area contributed by atoms with Crippen LogP contribution in [0.1, 0.15) is 11.5 Å². The fourth-order valence-electron chi connectivity index (χ4n) is 8.37. The summed E-state index contributed by atoms with van der Waals surface area (Å²) in [6, 6.07) is 43.7. The Kier molecular flexibility index (Phi) is 6.01. The standard InChI is InChI=1S/C46H30N4O/c1-4-10-41-35(7-1)37-19-21-47-27-43(37)49(41)33-23-32(24-34(26-33)50-42-11-5-2-8-36(42)38-20-22-48-28-44(38)50)30-15-13-29(14-16-30)31-17-18-46-40(25-31)39-9-3-6-12-45(39)51-46/h1-28,35,41H. The molecule has 1 aliphatic carbocycles. The number of para-hydroxylation sites is 2. The summed E-state index contributed by atoms with van der Waals surface area (Å²) in [6.45, 7) is 0. The van der Waals surface area contributed by atoms with Crippen LogP contribution in [0, 0.1) is 0 Å². The van der Waals surface area contributed by atoms with E-state index in [0.29, 0.717) is 0 Å². The Morgan fingerprint density at radius 2 is 1.22 bits per heavy atom. The first-order chi connectivity index (χ1) is 25.3. The number of anilines is 2. The molecule has 5 heteroatoms. The number of fused-ring (bicyclic) bond motifs is 9. The number of hydrogen-bond acceptors (Lipinski definition) is 4. The SMILES string of the molecule is C1=CC2c3ccncc3N(c3cc(-c4ccc(-c5ccc6oc7ccccc7c6c5)cc4)cc(-n4c5ccccc5c5ccncc54)c3)C2C=C1. The van der Waals surface area contributed by atoms with Gasteiger partial charge in [-0.2, -0.15) is 0 Å². The van der Waals surface area contributed by atoms with Gasteiger partial charge in [0.1, 0.15) is 11.2 Å². The maximum atomic E-state index is 6.10. The molecule has 5 aromatic carbocycles. The zero-order chi connectivity index (χ0) is 33.5. The summed E-state index contributed by atoms with van der Waals surface area (Å²) in [5, 5.41) is 4.68. The van der Waals surface area contributed by atoms with Gasteiger partial charge in [0, 0.05) is 51.2 Å². The molecule has 9 aromatic rings. The van der Waals surface area contributed by atoms with Crippen molar-refractivity contribution in [1.29, 1.82) is 0 Å². The van der Waals surface area contributed by atoms with Gasteiger partial charge in [0.25, 0.3) is 0 Å². The lowest BCUT2D eigenvalue weighted by atomic mass is 9.92. The molecule has 0 fully saturated rings.